The average Bonchev–Trinajstić information content (AvgIpc) is 2.17. The van der Waals surface area contributed by atoms with Gasteiger partial charge in [0.2, 0.25) is 0 Å². The number of hydrogen-bond donors (Lipinski definition) is 1. The molecule has 0 aromatic heterocycles. The molecule has 0 fully saturated rings. The Labute approximate surface area is 71.6 Å². The van der Waals surface area contributed by atoms with Gasteiger partial charge in [-0.05, 0) is 5.56 Å². The molecule has 0 radical (unpaired) electrons. The number of fused-ring (bicyclic) bond motifs is 1. The third-order valence-electron chi connectivity index (χ3n) is 1.88. The Balaban J connectivity index is 0.000000845. The Kier molecular flexibility index (Phi) is 1.63. The van der Waals surface area contributed by atoms with Crippen LogP contribution in [0.3, 0.4) is 0 Å². The fraction of sp³-hybridized carbons (Fsp3) is 0.111. The Morgan fingerprint density at radius 3 is 3.17 bits per heavy atom. The maximum atomic E-state index is 10.6. The number of benzene rings is 1. The number of aldehydes is 1. The van der Waals surface area contributed by atoms with Crippen LogP contribution in [-0.2, 0) is 4.79 Å². The van der Waals surface area contributed by atoms with Crippen LogP contribution in [0.2, 0.25) is 0 Å². The van der Waals surface area contributed by atoms with E-state index in [9.17, 15) is 4.79 Å². The van der Waals surface area contributed by atoms with Gasteiger partial charge in [-0.15, -0.1) is 0 Å². The van der Waals surface area contributed by atoms with Crippen molar-refractivity contribution in [2.75, 3.05) is 0 Å². The van der Waals surface area contributed by atoms with Crippen LogP contribution in [0.25, 0.3) is 0 Å². The lowest BCUT2D eigenvalue weighted by Crippen LogP contribution is -2.22. The second kappa shape index (κ2) is 2.77. The molecule has 3 nitrogen and oxygen atoms in total. The number of nitrogens with zero attached hydrogens (tertiary/aromatic N) is 1. The van der Waals surface area contributed by atoms with Crippen LogP contribution in [0.15, 0.2) is 29.4 Å². The quantitative estimate of drug-likeness (QED) is 0.624. The summed E-state index contributed by atoms with van der Waals surface area (Å²) in [4.78, 5) is 10.6. The van der Waals surface area contributed by atoms with Gasteiger partial charge < -0.3 is 4.79 Å². The number of carbonyl (C=O) groups excluding carboxylic acids is 1. The molecule has 1 N–H and O–H groups in total. The van der Waals surface area contributed by atoms with Crippen LogP contribution < -0.4 is 5.43 Å². The van der Waals surface area contributed by atoms with E-state index in [0.29, 0.717) is 0 Å². The largest absolute Gasteiger partial charge is 1.00 e. The van der Waals surface area contributed by atoms with E-state index in [2.05, 4.69) is 10.5 Å². The molecule has 1 aliphatic heterocycles. The molecule has 0 spiro atoms. The molecule has 0 saturated heterocycles. The van der Waals surface area contributed by atoms with Crippen molar-refractivity contribution in [3.8, 4) is 0 Å². The molecule has 60 valence electrons. The van der Waals surface area contributed by atoms with Gasteiger partial charge in [-0.3, -0.25) is 5.43 Å². The highest BCUT2D eigenvalue weighted by Crippen LogP contribution is 2.17. The molecule has 0 saturated carbocycles. The lowest BCUT2D eigenvalue weighted by Gasteiger charge is -2.16. The smallest absolute Gasteiger partial charge is 0.301 e. The lowest BCUT2D eigenvalue weighted by molar-refractivity contribution is -0.109. The Bertz CT molecular complexity index is 338. The van der Waals surface area contributed by atoms with Crippen molar-refractivity contribution in [1.82, 2.24) is 5.43 Å². The predicted molar refractivity (Wildman–Crippen MR) is 47.1 cm³/mol. The normalized spacial score (nSPS) is 19.5. The maximum absolute atomic E-state index is 10.6. The minimum atomic E-state index is -0.286. The molecule has 1 aliphatic rings. The predicted octanol–water partition coefficient (Wildman–Crippen LogP) is 0.976. The summed E-state index contributed by atoms with van der Waals surface area (Å²) >= 11 is 0. The molecule has 1 aromatic rings. The molecule has 1 aromatic carbocycles. The fourth-order valence-corrected chi connectivity index (χ4v) is 1.27. The highest BCUT2D eigenvalue weighted by atomic mass is 16.1. The Hall–Kier alpha value is -1.64. The molecule has 0 amide bonds. The second-order valence-corrected chi connectivity index (χ2v) is 2.63. The highest BCUT2D eigenvalue weighted by Gasteiger charge is 2.14. The van der Waals surface area contributed by atoms with Gasteiger partial charge in [0.1, 0.15) is 12.3 Å². The topological polar surface area (TPSA) is 41.5 Å². The first kappa shape index (κ1) is 7.03. The van der Waals surface area contributed by atoms with Crippen molar-refractivity contribution in [3.63, 3.8) is 0 Å². The highest BCUT2D eigenvalue weighted by molar-refractivity contribution is 5.85. The molecule has 12 heavy (non-hydrogen) atoms. The van der Waals surface area contributed by atoms with Crippen molar-refractivity contribution in [3.05, 3.63) is 35.4 Å². The van der Waals surface area contributed by atoms with Crippen LogP contribution in [0.4, 0.5) is 0 Å². The first-order valence-electron chi connectivity index (χ1n) is 3.74. The summed E-state index contributed by atoms with van der Waals surface area (Å²) in [6.07, 6.45) is 2.57. The minimum Gasteiger partial charge on any atom is -0.301 e. The van der Waals surface area contributed by atoms with E-state index in [0.717, 1.165) is 17.4 Å². The van der Waals surface area contributed by atoms with Crippen LogP contribution in [0.1, 0.15) is 18.6 Å². The number of carbonyl (C=O) groups is 1. The lowest BCUT2D eigenvalue weighted by atomic mass is 10.0. The molecule has 1 atom stereocenters. The summed E-state index contributed by atoms with van der Waals surface area (Å²) in [5, 5.41) is 3.86. The van der Waals surface area contributed by atoms with E-state index < -0.39 is 0 Å². The van der Waals surface area contributed by atoms with Crippen molar-refractivity contribution in [2.45, 2.75) is 6.04 Å². The second-order valence-electron chi connectivity index (χ2n) is 2.63. The summed E-state index contributed by atoms with van der Waals surface area (Å²) in [6, 6.07) is 7.42. The summed E-state index contributed by atoms with van der Waals surface area (Å²) in [7, 11) is 0. The molecule has 3 heteroatoms. The maximum Gasteiger partial charge on any atom is 1.00 e. The van der Waals surface area contributed by atoms with Crippen molar-refractivity contribution >= 4 is 12.5 Å². The molecule has 1 unspecified atom stereocenters. The van der Waals surface area contributed by atoms with Gasteiger partial charge in [0, 0.05) is 5.56 Å². The SMILES string of the molecule is O=CC1NN=Cc2ccccc21.[H+]. The monoisotopic (exact) mass is 161 g/mol. The van der Waals surface area contributed by atoms with Crippen LogP contribution in [0.5, 0.6) is 0 Å². The van der Waals surface area contributed by atoms with E-state index in [1.165, 1.54) is 0 Å². The summed E-state index contributed by atoms with van der Waals surface area (Å²) in [5.41, 5.74) is 4.72. The zero-order chi connectivity index (χ0) is 8.39. The Morgan fingerprint density at radius 2 is 2.33 bits per heavy atom. The van der Waals surface area contributed by atoms with Crippen LogP contribution in [-0.4, -0.2) is 12.5 Å². The van der Waals surface area contributed by atoms with Gasteiger partial charge in [0.25, 0.3) is 0 Å². The van der Waals surface area contributed by atoms with Crippen molar-refractivity contribution < 1.29 is 6.22 Å². The van der Waals surface area contributed by atoms with Crippen LogP contribution in [0, 0.1) is 0 Å². The molecule has 0 bridgehead atoms. The number of hydrazone groups is 1. The standard InChI is InChI=1S/C9H8N2O/c12-6-9-8-4-2-1-3-7(8)5-10-11-9/h1-6,9,11H/p+1. The number of nitrogens with one attached hydrogen (secondary N) is 1. The summed E-state index contributed by atoms with van der Waals surface area (Å²) < 4.78 is 0. The minimum absolute atomic E-state index is 0. The third kappa shape index (κ3) is 0.993. The summed E-state index contributed by atoms with van der Waals surface area (Å²) in [5.74, 6) is 0. The van der Waals surface area contributed by atoms with Gasteiger partial charge in [-0.2, -0.15) is 5.10 Å². The fourth-order valence-electron chi connectivity index (χ4n) is 1.27. The van der Waals surface area contributed by atoms with E-state index in [4.69, 9.17) is 0 Å². The summed E-state index contributed by atoms with van der Waals surface area (Å²) in [6.45, 7) is 0. The van der Waals surface area contributed by atoms with E-state index >= 15 is 0 Å². The first-order chi connectivity index (χ1) is 5.92. The van der Waals surface area contributed by atoms with Gasteiger partial charge in [0.15, 0.2) is 0 Å². The van der Waals surface area contributed by atoms with Gasteiger partial charge in [-0.1, -0.05) is 24.3 Å². The molecular weight excluding hydrogens is 152 g/mol. The van der Waals surface area contributed by atoms with Gasteiger partial charge >= 0.3 is 1.43 Å². The molecule has 0 aliphatic carbocycles. The Morgan fingerprint density at radius 1 is 1.50 bits per heavy atom. The molecule has 2 rings (SSSR count). The van der Waals surface area contributed by atoms with Gasteiger partial charge in [0.05, 0.1) is 6.21 Å². The number of rotatable bonds is 1. The van der Waals surface area contributed by atoms with E-state index in [-0.39, 0.29) is 7.47 Å². The van der Waals surface area contributed by atoms with E-state index in [1.807, 2.05) is 24.3 Å². The van der Waals surface area contributed by atoms with Crippen molar-refractivity contribution in [2.24, 2.45) is 5.10 Å². The molecule has 1 heterocycles. The van der Waals surface area contributed by atoms with Gasteiger partial charge in [-0.25, -0.2) is 0 Å². The van der Waals surface area contributed by atoms with Crippen molar-refractivity contribution in [1.29, 1.82) is 0 Å². The zero-order valence-corrected chi connectivity index (χ0v) is 6.40. The zero-order valence-electron chi connectivity index (χ0n) is 7.40. The third-order valence-corrected chi connectivity index (χ3v) is 1.88. The first-order valence-corrected chi connectivity index (χ1v) is 3.74. The number of hydrogen-bond acceptors (Lipinski definition) is 3. The van der Waals surface area contributed by atoms with Crippen LogP contribution >= 0.6 is 0 Å². The average molecular weight is 161 g/mol. The molecular formula is C9H9N2O+. The van der Waals surface area contributed by atoms with E-state index in [1.54, 1.807) is 6.21 Å².